The van der Waals surface area contributed by atoms with Crippen LogP contribution in [0.2, 0.25) is 0 Å². The lowest BCUT2D eigenvalue weighted by atomic mass is 10.1. The van der Waals surface area contributed by atoms with Gasteiger partial charge in [0.15, 0.2) is 0 Å². The van der Waals surface area contributed by atoms with Gasteiger partial charge >= 0.3 is 0 Å². The quantitative estimate of drug-likeness (QED) is 0.811. The van der Waals surface area contributed by atoms with Crippen molar-refractivity contribution in [2.75, 3.05) is 6.54 Å². The lowest BCUT2D eigenvalue weighted by molar-refractivity contribution is 0.177. The van der Waals surface area contributed by atoms with Gasteiger partial charge in [-0.2, -0.15) is 0 Å². The molecule has 0 saturated heterocycles. The highest BCUT2D eigenvalue weighted by Crippen LogP contribution is 2.24. The monoisotopic (exact) mass is 262 g/mol. The van der Waals surface area contributed by atoms with E-state index >= 15 is 0 Å². The van der Waals surface area contributed by atoms with E-state index in [-0.39, 0.29) is 0 Å². The fraction of sp³-hybridized carbons (Fsp3) is 0.533. The first kappa shape index (κ1) is 13.5. The van der Waals surface area contributed by atoms with Crippen molar-refractivity contribution in [3.05, 3.63) is 29.3 Å². The summed E-state index contributed by atoms with van der Waals surface area (Å²) in [6.45, 7) is 10.2. The van der Waals surface area contributed by atoms with Gasteiger partial charge in [-0.05, 0) is 51.1 Å². The third-order valence-electron chi connectivity index (χ3n) is 3.40. The predicted molar refractivity (Wildman–Crippen MR) is 80.3 cm³/mol. The first-order valence-corrected chi connectivity index (χ1v) is 7.54. The summed E-state index contributed by atoms with van der Waals surface area (Å²) in [5, 5.41) is 3.59. The number of nitrogens with zero attached hydrogens (tertiary/aromatic N) is 2. The average Bonchev–Trinajstić information content (AvgIpc) is 2.72. The van der Waals surface area contributed by atoms with Crippen LogP contribution in [0.3, 0.4) is 0 Å². The van der Waals surface area contributed by atoms with Gasteiger partial charge in [0, 0.05) is 30.2 Å². The smallest absolute Gasteiger partial charge is 0.123 e. The van der Waals surface area contributed by atoms with Gasteiger partial charge in [-0.1, -0.05) is 6.07 Å². The van der Waals surface area contributed by atoms with Gasteiger partial charge in [0.25, 0.3) is 0 Å². The number of hydrogen-bond donors (Lipinski definition) is 0. The molecular formula is C15H22N2S. The molecule has 0 unspecified atom stereocenters. The molecule has 0 saturated carbocycles. The maximum absolute atomic E-state index is 4.40. The summed E-state index contributed by atoms with van der Waals surface area (Å²) in [7, 11) is 0. The lowest BCUT2D eigenvalue weighted by Gasteiger charge is -2.30. The summed E-state index contributed by atoms with van der Waals surface area (Å²) in [6.07, 6.45) is 2.99. The highest BCUT2D eigenvalue weighted by molar-refractivity contribution is 7.16. The molecule has 0 bridgehead atoms. The number of hydrogen-bond acceptors (Lipinski definition) is 3. The Bertz CT molecular complexity index is 494. The zero-order chi connectivity index (χ0) is 13.1. The second-order valence-electron chi connectivity index (χ2n) is 5.29. The molecule has 18 heavy (non-hydrogen) atoms. The van der Waals surface area contributed by atoms with Crippen LogP contribution in [0.4, 0.5) is 0 Å². The molecule has 2 heterocycles. The van der Waals surface area contributed by atoms with Crippen molar-refractivity contribution in [2.45, 2.75) is 46.2 Å². The van der Waals surface area contributed by atoms with Crippen molar-refractivity contribution < 1.29 is 0 Å². The standard InChI is InChI=1S/C15H22N2S/c1-11(2)17(12(3)4)9-7-13-10-18-15-14(13)6-5-8-16-15/h5-6,8,10-12H,7,9H2,1-4H3. The van der Waals surface area contributed by atoms with Crippen molar-refractivity contribution in [3.8, 4) is 0 Å². The SMILES string of the molecule is CC(C)N(CCc1csc2ncccc12)C(C)C. The van der Waals surface area contributed by atoms with E-state index in [4.69, 9.17) is 0 Å². The summed E-state index contributed by atoms with van der Waals surface area (Å²) in [5.41, 5.74) is 1.44. The molecular weight excluding hydrogens is 240 g/mol. The molecule has 0 aromatic carbocycles. The topological polar surface area (TPSA) is 16.1 Å². The lowest BCUT2D eigenvalue weighted by Crippen LogP contribution is -2.38. The molecule has 2 rings (SSSR count). The van der Waals surface area contributed by atoms with Crippen LogP contribution in [0.15, 0.2) is 23.7 Å². The zero-order valence-electron chi connectivity index (χ0n) is 11.7. The summed E-state index contributed by atoms with van der Waals surface area (Å²) >= 11 is 1.75. The highest BCUT2D eigenvalue weighted by Gasteiger charge is 2.14. The molecule has 0 fully saturated rings. The molecule has 0 aliphatic heterocycles. The molecule has 2 aromatic rings. The normalized spacial score (nSPS) is 12.2. The molecule has 0 aliphatic carbocycles. The molecule has 2 aromatic heterocycles. The first-order chi connectivity index (χ1) is 8.59. The highest BCUT2D eigenvalue weighted by atomic mass is 32.1. The van der Waals surface area contributed by atoms with E-state index in [9.17, 15) is 0 Å². The Morgan fingerprint density at radius 2 is 1.94 bits per heavy atom. The zero-order valence-corrected chi connectivity index (χ0v) is 12.5. The Morgan fingerprint density at radius 3 is 2.61 bits per heavy atom. The predicted octanol–water partition coefficient (Wildman–Crippen LogP) is 3.96. The van der Waals surface area contributed by atoms with Crippen molar-refractivity contribution in [1.29, 1.82) is 0 Å². The summed E-state index contributed by atoms with van der Waals surface area (Å²) in [6, 6.07) is 5.42. The second kappa shape index (κ2) is 5.81. The number of pyridine rings is 1. The molecule has 0 spiro atoms. The summed E-state index contributed by atoms with van der Waals surface area (Å²) < 4.78 is 0. The average molecular weight is 262 g/mol. The number of fused-ring (bicyclic) bond motifs is 1. The van der Waals surface area contributed by atoms with Crippen LogP contribution >= 0.6 is 11.3 Å². The van der Waals surface area contributed by atoms with Gasteiger partial charge in [-0.25, -0.2) is 4.98 Å². The minimum absolute atomic E-state index is 0.605. The van der Waals surface area contributed by atoms with E-state index in [2.05, 4.69) is 49.0 Å². The Balaban J connectivity index is 2.10. The molecule has 0 radical (unpaired) electrons. The fourth-order valence-electron chi connectivity index (χ4n) is 2.48. The van der Waals surface area contributed by atoms with Gasteiger partial charge in [0.2, 0.25) is 0 Å². The van der Waals surface area contributed by atoms with Crippen LogP contribution in [0.1, 0.15) is 33.3 Å². The minimum atomic E-state index is 0.605. The molecule has 3 heteroatoms. The van der Waals surface area contributed by atoms with Gasteiger partial charge < -0.3 is 0 Å². The van der Waals surface area contributed by atoms with Crippen molar-refractivity contribution in [2.24, 2.45) is 0 Å². The molecule has 2 nitrogen and oxygen atoms in total. The van der Waals surface area contributed by atoms with Crippen LogP contribution in [0.25, 0.3) is 10.2 Å². The van der Waals surface area contributed by atoms with Gasteiger partial charge in [0.05, 0.1) is 0 Å². The molecule has 0 atom stereocenters. The summed E-state index contributed by atoms with van der Waals surface area (Å²) in [4.78, 5) is 8.11. The van der Waals surface area contributed by atoms with Crippen LogP contribution in [-0.2, 0) is 6.42 Å². The van der Waals surface area contributed by atoms with E-state index in [0.29, 0.717) is 12.1 Å². The van der Waals surface area contributed by atoms with Crippen molar-refractivity contribution in [3.63, 3.8) is 0 Å². The van der Waals surface area contributed by atoms with Gasteiger partial charge in [0.1, 0.15) is 4.83 Å². The molecule has 0 N–H and O–H groups in total. The van der Waals surface area contributed by atoms with Crippen molar-refractivity contribution in [1.82, 2.24) is 9.88 Å². The third-order valence-corrected chi connectivity index (χ3v) is 4.35. The Morgan fingerprint density at radius 1 is 1.22 bits per heavy atom. The molecule has 0 aliphatic rings. The van der Waals surface area contributed by atoms with Crippen LogP contribution in [0.5, 0.6) is 0 Å². The Labute approximate surface area is 114 Å². The molecule has 98 valence electrons. The maximum Gasteiger partial charge on any atom is 0.123 e. The van der Waals surface area contributed by atoms with Crippen LogP contribution in [-0.4, -0.2) is 28.5 Å². The van der Waals surface area contributed by atoms with E-state index in [1.807, 2.05) is 12.3 Å². The Kier molecular flexibility index (Phi) is 4.36. The van der Waals surface area contributed by atoms with E-state index in [0.717, 1.165) is 17.8 Å². The third kappa shape index (κ3) is 2.90. The molecule has 0 amide bonds. The van der Waals surface area contributed by atoms with Crippen LogP contribution < -0.4 is 0 Å². The second-order valence-corrected chi connectivity index (χ2v) is 6.15. The number of thiophene rings is 1. The van der Waals surface area contributed by atoms with E-state index in [1.54, 1.807) is 11.3 Å². The fourth-order valence-corrected chi connectivity index (χ4v) is 3.42. The minimum Gasteiger partial charge on any atom is -0.298 e. The van der Waals surface area contributed by atoms with Crippen molar-refractivity contribution >= 4 is 21.6 Å². The van der Waals surface area contributed by atoms with E-state index in [1.165, 1.54) is 10.9 Å². The van der Waals surface area contributed by atoms with Gasteiger partial charge in [-0.15, -0.1) is 11.3 Å². The number of aromatic nitrogens is 1. The van der Waals surface area contributed by atoms with E-state index < -0.39 is 0 Å². The first-order valence-electron chi connectivity index (χ1n) is 6.66. The van der Waals surface area contributed by atoms with Gasteiger partial charge in [-0.3, -0.25) is 4.90 Å². The summed E-state index contributed by atoms with van der Waals surface area (Å²) in [5.74, 6) is 0. The maximum atomic E-state index is 4.40. The largest absolute Gasteiger partial charge is 0.298 e. The number of rotatable bonds is 5. The van der Waals surface area contributed by atoms with Crippen LogP contribution in [0, 0.1) is 0 Å². The Hall–Kier alpha value is -0.930.